The normalized spacial score (nSPS) is 16.7. The van der Waals surface area contributed by atoms with Crippen molar-refractivity contribution in [2.24, 2.45) is 11.7 Å². The lowest BCUT2D eigenvalue weighted by Gasteiger charge is -2.25. The maximum atomic E-state index is 13.5. The summed E-state index contributed by atoms with van der Waals surface area (Å²) in [6, 6.07) is 12.3. The summed E-state index contributed by atoms with van der Waals surface area (Å²) in [6.07, 6.45) is 8.38. The number of fused-ring (bicyclic) bond motifs is 1. The van der Waals surface area contributed by atoms with Crippen LogP contribution in [0.5, 0.6) is 0 Å². The van der Waals surface area contributed by atoms with Gasteiger partial charge in [-0.1, -0.05) is 49.6 Å². The number of hydrogen-bond acceptors (Lipinski definition) is 6. The molecule has 0 aliphatic heterocycles. The zero-order valence-electron chi connectivity index (χ0n) is 21.5. The van der Waals surface area contributed by atoms with E-state index in [0.717, 1.165) is 71.1 Å². The molecule has 0 bridgehead atoms. The predicted molar refractivity (Wildman–Crippen MR) is 152 cm³/mol. The molecule has 2 aliphatic carbocycles. The van der Waals surface area contributed by atoms with Crippen LogP contribution in [0.25, 0.3) is 21.2 Å². The van der Waals surface area contributed by atoms with Crippen molar-refractivity contribution in [2.45, 2.75) is 88.6 Å². The number of hydrogen-bond donors (Lipinski definition) is 3. The van der Waals surface area contributed by atoms with Gasteiger partial charge in [-0.15, -0.1) is 24.0 Å². The number of thiazole rings is 1. The largest absolute Gasteiger partial charge is 0.347 e. The Balaban J connectivity index is 0.000000556. The van der Waals surface area contributed by atoms with Crippen molar-refractivity contribution in [1.82, 2.24) is 10.3 Å². The number of benzene rings is 2. The Kier molecular flexibility index (Phi) is 8.53. The Labute approximate surface area is 223 Å². The Hall–Kier alpha value is -2.22. The van der Waals surface area contributed by atoms with Gasteiger partial charge >= 0.3 is 0 Å². The molecular formula is C29H37N3O2S2. The molecule has 5 nitrogen and oxygen atoms in total. The maximum Gasteiger partial charge on any atom is 0.280 e. The molecule has 7 heteroatoms. The molecule has 5 rings (SSSR count). The highest BCUT2D eigenvalue weighted by Gasteiger charge is 2.30. The number of rotatable bonds is 5. The first-order chi connectivity index (χ1) is 17.1. The lowest BCUT2D eigenvalue weighted by molar-refractivity contribution is 0.0885. The van der Waals surface area contributed by atoms with Crippen molar-refractivity contribution in [3.8, 4) is 10.4 Å². The molecule has 0 atom stereocenters. The molecule has 2 aromatic carbocycles. The van der Waals surface area contributed by atoms with Crippen LogP contribution in [-0.2, 0) is 0 Å². The molecule has 0 radical (unpaired) electrons. The number of nitrogens with two attached hydrogens (primary N) is 1. The summed E-state index contributed by atoms with van der Waals surface area (Å²) in [5.41, 5.74) is 6.77. The minimum Gasteiger partial charge on any atom is -0.347 e. The molecule has 192 valence electrons. The van der Waals surface area contributed by atoms with E-state index in [1.54, 1.807) is 0 Å². The third-order valence-corrected chi connectivity index (χ3v) is 8.09. The molecule has 3 N–H and O–H groups in total. The zero-order chi connectivity index (χ0) is 25.9. The van der Waals surface area contributed by atoms with Gasteiger partial charge in [-0.2, -0.15) is 0 Å². The van der Waals surface area contributed by atoms with Gasteiger partial charge < -0.3 is 11.1 Å². The van der Waals surface area contributed by atoms with E-state index in [1.165, 1.54) is 17.8 Å². The number of ketones is 1. The van der Waals surface area contributed by atoms with Gasteiger partial charge in [-0.25, -0.2) is 4.98 Å². The third kappa shape index (κ3) is 6.55. The minimum absolute atomic E-state index is 0. The SMILES string of the molecule is CC(C)(C)N.O=C(NC1CCC1)c1nc(C(=O)C2CCCCC2)c(-c2ccc(S)c3ccccc23)s1. The fourth-order valence-electron chi connectivity index (χ4n) is 4.61. The molecule has 0 unspecified atom stereocenters. The smallest absolute Gasteiger partial charge is 0.280 e. The number of thiol groups is 1. The van der Waals surface area contributed by atoms with Crippen molar-refractivity contribution in [3.05, 3.63) is 47.1 Å². The second kappa shape index (κ2) is 11.4. The van der Waals surface area contributed by atoms with Gasteiger partial charge in [-0.3, -0.25) is 9.59 Å². The molecule has 1 aromatic heterocycles. The first-order valence-corrected chi connectivity index (χ1v) is 14.2. The lowest BCUT2D eigenvalue weighted by Crippen LogP contribution is -2.39. The first kappa shape index (κ1) is 26.8. The molecule has 2 fully saturated rings. The molecule has 0 spiro atoms. The summed E-state index contributed by atoms with van der Waals surface area (Å²) in [5.74, 6) is -0.0611. The van der Waals surface area contributed by atoms with E-state index in [1.807, 2.05) is 57.2 Å². The standard InChI is InChI=1S/C25H26N2O2S2.C4H11N/c28-22(15-7-2-1-3-8-15)21-23(31-25(27-21)24(29)26-16-9-6-10-16)19-13-14-20(30)18-12-5-4-11-17(18)19;1-4(2,3)5/h4-5,11-16,30H,1-3,6-10H2,(H,26,29);5H2,1-3H3. The van der Waals surface area contributed by atoms with Gasteiger partial charge in [0.2, 0.25) is 0 Å². The number of nitrogens with zero attached hydrogens (tertiary/aromatic N) is 1. The fraction of sp³-hybridized carbons (Fsp3) is 0.483. The van der Waals surface area contributed by atoms with E-state index in [2.05, 4.69) is 22.9 Å². The molecule has 1 heterocycles. The Morgan fingerprint density at radius 1 is 0.972 bits per heavy atom. The van der Waals surface area contributed by atoms with Crippen LogP contribution in [0.4, 0.5) is 0 Å². The van der Waals surface area contributed by atoms with Crippen LogP contribution >= 0.6 is 24.0 Å². The monoisotopic (exact) mass is 523 g/mol. The van der Waals surface area contributed by atoms with Crippen molar-refractivity contribution in [3.63, 3.8) is 0 Å². The average molecular weight is 524 g/mol. The van der Waals surface area contributed by atoms with Crippen molar-refractivity contribution in [2.75, 3.05) is 0 Å². The van der Waals surface area contributed by atoms with Crippen LogP contribution in [0.15, 0.2) is 41.3 Å². The predicted octanol–water partition coefficient (Wildman–Crippen LogP) is 7.04. The molecule has 1 amide bonds. The molecular weight excluding hydrogens is 486 g/mol. The highest BCUT2D eigenvalue weighted by Crippen LogP contribution is 2.39. The number of nitrogens with one attached hydrogen (secondary N) is 1. The zero-order valence-corrected chi connectivity index (χ0v) is 23.2. The van der Waals surface area contributed by atoms with E-state index in [-0.39, 0.29) is 29.2 Å². The fourth-order valence-corrected chi connectivity index (χ4v) is 5.89. The van der Waals surface area contributed by atoms with E-state index >= 15 is 0 Å². The van der Waals surface area contributed by atoms with Crippen molar-refractivity contribution in [1.29, 1.82) is 0 Å². The third-order valence-electron chi connectivity index (χ3n) is 6.62. The lowest BCUT2D eigenvalue weighted by atomic mass is 9.84. The summed E-state index contributed by atoms with van der Waals surface area (Å²) in [5, 5.41) is 5.53. The highest BCUT2D eigenvalue weighted by molar-refractivity contribution is 7.80. The summed E-state index contributed by atoms with van der Waals surface area (Å²) in [4.78, 5) is 32.7. The molecule has 2 aliphatic rings. The van der Waals surface area contributed by atoms with Gasteiger partial charge in [0.1, 0.15) is 5.69 Å². The van der Waals surface area contributed by atoms with Crippen LogP contribution in [0.1, 0.15) is 92.4 Å². The molecule has 2 saturated carbocycles. The summed E-state index contributed by atoms with van der Waals surface area (Å²) < 4.78 is 0. The molecule has 36 heavy (non-hydrogen) atoms. The number of aromatic nitrogens is 1. The van der Waals surface area contributed by atoms with Gasteiger partial charge in [0, 0.05) is 28.0 Å². The Morgan fingerprint density at radius 3 is 2.22 bits per heavy atom. The minimum atomic E-state index is -0.159. The molecule has 0 saturated heterocycles. The van der Waals surface area contributed by atoms with Crippen LogP contribution in [0, 0.1) is 5.92 Å². The Morgan fingerprint density at radius 2 is 1.61 bits per heavy atom. The van der Waals surface area contributed by atoms with Gasteiger partial charge in [0.15, 0.2) is 10.8 Å². The number of carbonyl (C=O) groups excluding carboxylic acids is 2. The Bertz CT molecular complexity index is 1230. The van der Waals surface area contributed by atoms with E-state index in [4.69, 9.17) is 5.73 Å². The van der Waals surface area contributed by atoms with Gasteiger partial charge in [-0.05, 0) is 69.7 Å². The van der Waals surface area contributed by atoms with Crippen molar-refractivity contribution < 1.29 is 9.59 Å². The summed E-state index contributed by atoms with van der Waals surface area (Å²) in [6.45, 7) is 5.90. The number of carbonyl (C=O) groups is 2. The number of Topliss-reactive ketones (excluding diaryl/α,β-unsaturated/α-hetero) is 1. The van der Waals surface area contributed by atoms with E-state index in [0.29, 0.717) is 10.7 Å². The van der Waals surface area contributed by atoms with E-state index in [9.17, 15) is 9.59 Å². The first-order valence-electron chi connectivity index (χ1n) is 13.0. The maximum absolute atomic E-state index is 13.5. The van der Waals surface area contributed by atoms with Crippen LogP contribution < -0.4 is 11.1 Å². The number of amides is 1. The van der Waals surface area contributed by atoms with Crippen LogP contribution in [-0.4, -0.2) is 28.3 Å². The van der Waals surface area contributed by atoms with Crippen molar-refractivity contribution >= 4 is 46.4 Å². The topological polar surface area (TPSA) is 85.1 Å². The second-order valence-electron chi connectivity index (χ2n) is 11.0. The van der Waals surface area contributed by atoms with Gasteiger partial charge in [0.05, 0.1) is 4.88 Å². The highest BCUT2D eigenvalue weighted by atomic mass is 32.1. The molecule has 3 aromatic rings. The second-order valence-corrected chi connectivity index (χ2v) is 12.5. The quantitative estimate of drug-likeness (QED) is 0.247. The van der Waals surface area contributed by atoms with Crippen LogP contribution in [0.2, 0.25) is 0 Å². The van der Waals surface area contributed by atoms with Crippen LogP contribution in [0.3, 0.4) is 0 Å². The summed E-state index contributed by atoms with van der Waals surface area (Å²) >= 11 is 5.95. The average Bonchev–Trinajstić information content (AvgIpc) is 3.26. The van der Waals surface area contributed by atoms with Gasteiger partial charge in [0.25, 0.3) is 5.91 Å². The van der Waals surface area contributed by atoms with E-state index < -0.39 is 0 Å². The summed E-state index contributed by atoms with van der Waals surface area (Å²) in [7, 11) is 0.